The van der Waals surface area contributed by atoms with Gasteiger partial charge in [0.2, 0.25) is 0 Å². The molecule has 0 aliphatic carbocycles. The fourth-order valence-corrected chi connectivity index (χ4v) is 5.03. The van der Waals surface area contributed by atoms with Gasteiger partial charge in [-0.25, -0.2) is 0 Å². The van der Waals surface area contributed by atoms with Crippen molar-refractivity contribution in [2.75, 3.05) is 13.2 Å². The first-order chi connectivity index (χ1) is 17.3. The summed E-state index contributed by atoms with van der Waals surface area (Å²) < 4.78 is 47.5. The normalized spacial score (nSPS) is 11.6. The SMILES string of the molecule is CCCOc1c2ccccc2c(OCCC)c2c(Cc3ccc([N+](=O)[O-])cc3)c(S(=O)(=O)O)ccc12. The topological polar surface area (TPSA) is 116 Å². The molecule has 188 valence electrons. The lowest BCUT2D eigenvalue weighted by Gasteiger charge is -2.21. The zero-order chi connectivity index (χ0) is 25.9. The van der Waals surface area contributed by atoms with Crippen LogP contribution < -0.4 is 9.47 Å². The van der Waals surface area contributed by atoms with Gasteiger partial charge in [-0.2, -0.15) is 8.42 Å². The number of nitro benzene ring substituents is 1. The van der Waals surface area contributed by atoms with Crippen LogP contribution in [0, 0.1) is 10.1 Å². The first-order valence-electron chi connectivity index (χ1n) is 11.7. The Labute approximate surface area is 209 Å². The summed E-state index contributed by atoms with van der Waals surface area (Å²) in [6.45, 7) is 4.84. The molecular weight excluding hydrogens is 482 g/mol. The lowest BCUT2D eigenvalue weighted by molar-refractivity contribution is -0.384. The highest BCUT2D eigenvalue weighted by Crippen LogP contribution is 2.46. The van der Waals surface area contributed by atoms with Crippen LogP contribution in [-0.4, -0.2) is 31.1 Å². The summed E-state index contributed by atoms with van der Waals surface area (Å²) in [6.07, 6.45) is 1.61. The number of hydrogen-bond acceptors (Lipinski definition) is 6. The van der Waals surface area contributed by atoms with Crippen LogP contribution in [0.3, 0.4) is 0 Å². The zero-order valence-corrected chi connectivity index (χ0v) is 20.9. The van der Waals surface area contributed by atoms with E-state index in [0.29, 0.717) is 46.6 Å². The number of ether oxygens (including phenoxy) is 2. The quantitative estimate of drug-likeness (QED) is 0.115. The van der Waals surface area contributed by atoms with E-state index in [4.69, 9.17) is 9.47 Å². The first kappa shape index (κ1) is 25.4. The van der Waals surface area contributed by atoms with Crippen molar-refractivity contribution in [2.24, 2.45) is 0 Å². The Kier molecular flexibility index (Phi) is 7.42. The Morgan fingerprint density at radius 1 is 0.833 bits per heavy atom. The summed E-state index contributed by atoms with van der Waals surface area (Å²) in [4.78, 5) is 10.3. The summed E-state index contributed by atoms with van der Waals surface area (Å²) in [5.74, 6) is 1.12. The molecule has 4 aromatic carbocycles. The lowest BCUT2D eigenvalue weighted by Crippen LogP contribution is -2.08. The predicted octanol–water partition coefficient (Wildman–Crippen LogP) is 6.32. The molecule has 1 N–H and O–H groups in total. The summed E-state index contributed by atoms with van der Waals surface area (Å²) in [6, 6.07) is 16.5. The number of fused-ring (bicyclic) bond motifs is 2. The average Bonchev–Trinajstić information content (AvgIpc) is 2.85. The van der Waals surface area contributed by atoms with Crippen LogP contribution in [0.5, 0.6) is 11.5 Å². The van der Waals surface area contributed by atoms with Gasteiger partial charge >= 0.3 is 0 Å². The Bertz CT molecular complexity index is 1530. The highest BCUT2D eigenvalue weighted by Gasteiger charge is 2.25. The van der Waals surface area contributed by atoms with Gasteiger partial charge in [0.15, 0.2) is 0 Å². The fourth-order valence-electron chi connectivity index (χ4n) is 4.31. The van der Waals surface area contributed by atoms with Crippen LogP contribution in [0.2, 0.25) is 0 Å². The van der Waals surface area contributed by atoms with E-state index in [1.165, 1.54) is 18.2 Å². The van der Waals surface area contributed by atoms with Gasteiger partial charge in [-0.15, -0.1) is 0 Å². The number of hydrogen-bond donors (Lipinski definition) is 1. The molecule has 36 heavy (non-hydrogen) atoms. The minimum atomic E-state index is -4.59. The second-order valence-corrected chi connectivity index (χ2v) is 9.83. The van der Waals surface area contributed by atoms with Gasteiger partial charge in [0.05, 0.1) is 23.0 Å². The van der Waals surface area contributed by atoms with Gasteiger partial charge in [0.1, 0.15) is 11.5 Å². The van der Waals surface area contributed by atoms with Gasteiger partial charge in [-0.1, -0.05) is 50.2 Å². The van der Waals surface area contributed by atoms with E-state index in [1.54, 1.807) is 18.2 Å². The molecule has 0 saturated carbocycles. The van der Waals surface area contributed by atoms with E-state index in [2.05, 4.69) is 0 Å². The molecule has 0 radical (unpaired) electrons. The maximum Gasteiger partial charge on any atom is 0.294 e. The summed E-state index contributed by atoms with van der Waals surface area (Å²) in [5, 5.41) is 13.9. The largest absolute Gasteiger partial charge is 0.492 e. The molecule has 0 aliphatic heterocycles. The van der Waals surface area contributed by atoms with Crippen molar-refractivity contribution in [3.63, 3.8) is 0 Å². The Balaban J connectivity index is 2.10. The molecule has 0 atom stereocenters. The third-order valence-electron chi connectivity index (χ3n) is 5.86. The number of benzene rings is 4. The maximum absolute atomic E-state index is 12.5. The van der Waals surface area contributed by atoms with E-state index < -0.39 is 15.0 Å². The van der Waals surface area contributed by atoms with E-state index in [1.807, 2.05) is 38.1 Å². The summed E-state index contributed by atoms with van der Waals surface area (Å²) in [5.41, 5.74) is 0.908. The second kappa shape index (κ2) is 10.5. The van der Waals surface area contributed by atoms with Crippen molar-refractivity contribution in [3.05, 3.63) is 81.9 Å². The van der Waals surface area contributed by atoms with E-state index in [0.717, 1.165) is 23.6 Å². The monoisotopic (exact) mass is 509 g/mol. The highest BCUT2D eigenvalue weighted by atomic mass is 32.2. The minimum Gasteiger partial charge on any atom is -0.492 e. The van der Waals surface area contributed by atoms with Crippen LogP contribution in [0.4, 0.5) is 5.69 Å². The fraction of sp³-hybridized carbons (Fsp3) is 0.259. The van der Waals surface area contributed by atoms with Crippen LogP contribution in [-0.2, 0) is 16.5 Å². The Morgan fingerprint density at radius 2 is 1.42 bits per heavy atom. The number of nitro groups is 1. The van der Waals surface area contributed by atoms with E-state index >= 15 is 0 Å². The third-order valence-corrected chi connectivity index (χ3v) is 6.80. The standard InChI is InChI=1S/C27H27NO7S/c1-3-15-34-26-20-7-5-6-8-21(20)27(35-16-4-2)25-22(26)13-14-24(36(31,32)33)23(25)17-18-9-11-19(12-10-18)28(29)30/h5-14H,3-4,15-17H2,1-2H3,(H,31,32,33). The molecule has 0 bridgehead atoms. The highest BCUT2D eigenvalue weighted by molar-refractivity contribution is 7.85. The average molecular weight is 510 g/mol. The number of rotatable bonds is 10. The van der Waals surface area contributed by atoms with Crippen molar-refractivity contribution < 1.29 is 27.4 Å². The number of nitrogens with zero attached hydrogens (tertiary/aromatic N) is 1. The molecule has 0 spiro atoms. The predicted molar refractivity (Wildman–Crippen MR) is 139 cm³/mol. The van der Waals surface area contributed by atoms with Gasteiger partial charge < -0.3 is 9.47 Å². The zero-order valence-electron chi connectivity index (χ0n) is 20.1. The molecule has 0 fully saturated rings. The van der Waals surface area contributed by atoms with Gasteiger partial charge in [0, 0.05) is 33.7 Å². The van der Waals surface area contributed by atoms with Crippen LogP contribution in [0.15, 0.2) is 65.6 Å². The lowest BCUT2D eigenvalue weighted by atomic mass is 9.93. The summed E-state index contributed by atoms with van der Waals surface area (Å²) in [7, 11) is -4.59. The molecule has 8 nitrogen and oxygen atoms in total. The second-order valence-electron chi connectivity index (χ2n) is 8.44. The molecule has 4 aromatic rings. The van der Waals surface area contributed by atoms with E-state index in [-0.39, 0.29) is 17.0 Å². The Hall–Kier alpha value is -3.69. The molecule has 9 heteroatoms. The van der Waals surface area contributed by atoms with Crippen LogP contribution in [0.25, 0.3) is 21.5 Å². The molecular formula is C27H27NO7S. The van der Waals surface area contributed by atoms with Gasteiger partial charge in [-0.05, 0) is 42.5 Å². The Morgan fingerprint density at radius 3 is 1.97 bits per heavy atom. The summed E-state index contributed by atoms with van der Waals surface area (Å²) >= 11 is 0. The van der Waals surface area contributed by atoms with E-state index in [9.17, 15) is 23.1 Å². The smallest absolute Gasteiger partial charge is 0.294 e. The molecule has 0 aromatic heterocycles. The van der Waals surface area contributed by atoms with Crippen molar-refractivity contribution in [1.29, 1.82) is 0 Å². The number of non-ortho nitro benzene ring substituents is 1. The van der Waals surface area contributed by atoms with Crippen LogP contribution in [0.1, 0.15) is 37.8 Å². The minimum absolute atomic E-state index is 0.0695. The molecule has 0 heterocycles. The third kappa shape index (κ3) is 4.98. The van der Waals surface area contributed by atoms with Crippen molar-refractivity contribution in [3.8, 4) is 11.5 Å². The van der Waals surface area contributed by atoms with Gasteiger partial charge in [-0.3, -0.25) is 14.7 Å². The van der Waals surface area contributed by atoms with Crippen LogP contribution >= 0.6 is 0 Å². The van der Waals surface area contributed by atoms with Gasteiger partial charge in [0.25, 0.3) is 15.8 Å². The molecule has 0 amide bonds. The first-order valence-corrected chi connectivity index (χ1v) is 13.2. The molecule has 4 rings (SSSR count). The van der Waals surface area contributed by atoms with Crippen molar-refractivity contribution in [1.82, 2.24) is 0 Å². The molecule has 0 unspecified atom stereocenters. The van der Waals surface area contributed by atoms with Crippen molar-refractivity contribution >= 4 is 37.4 Å². The molecule has 0 saturated heterocycles. The molecule has 0 aliphatic rings. The maximum atomic E-state index is 12.5. The van der Waals surface area contributed by atoms with Crippen molar-refractivity contribution in [2.45, 2.75) is 38.0 Å².